The number of rotatable bonds is 7. The number of carbonyl (C=O) groups excluding carboxylic acids is 2. The van der Waals surface area contributed by atoms with Crippen molar-refractivity contribution in [2.75, 3.05) is 26.0 Å². The molecule has 0 spiro atoms. The third-order valence-corrected chi connectivity index (χ3v) is 7.54. The van der Waals surface area contributed by atoms with Gasteiger partial charge in [0.25, 0.3) is 5.91 Å². The van der Waals surface area contributed by atoms with Crippen molar-refractivity contribution < 1.29 is 22.7 Å². The second-order valence-electron chi connectivity index (χ2n) is 7.74. The van der Waals surface area contributed by atoms with E-state index in [4.69, 9.17) is 16.3 Å². The van der Waals surface area contributed by atoms with Crippen molar-refractivity contribution in [1.82, 2.24) is 4.31 Å². The van der Waals surface area contributed by atoms with Gasteiger partial charge >= 0.3 is 5.97 Å². The predicted molar refractivity (Wildman–Crippen MR) is 119 cm³/mol. The first-order valence-corrected chi connectivity index (χ1v) is 11.7. The van der Waals surface area contributed by atoms with Gasteiger partial charge in [0, 0.05) is 24.8 Å². The average Bonchev–Trinajstić information content (AvgIpc) is 3.24. The Balaban J connectivity index is 1.66. The number of benzene rings is 2. The highest BCUT2D eigenvalue weighted by atomic mass is 35.5. The summed E-state index contributed by atoms with van der Waals surface area (Å²) in [6.07, 6.45) is 3.10. The molecule has 9 heteroatoms. The van der Waals surface area contributed by atoms with E-state index in [0.717, 1.165) is 22.7 Å². The summed E-state index contributed by atoms with van der Waals surface area (Å²) in [7, 11) is -0.766. The molecule has 1 fully saturated rings. The molecule has 1 N–H and O–H groups in total. The zero-order chi connectivity index (χ0) is 22.6. The van der Waals surface area contributed by atoms with Crippen LogP contribution in [0.15, 0.2) is 53.4 Å². The molecule has 0 atom stereocenters. The second-order valence-corrected chi connectivity index (χ2v) is 10.3. The third kappa shape index (κ3) is 5.08. The Morgan fingerprint density at radius 2 is 1.74 bits per heavy atom. The summed E-state index contributed by atoms with van der Waals surface area (Å²) in [5.41, 5.74) is 0.364. The topological polar surface area (TPSA) is 92.8 Å². The molecule has 0 aliphatic heterocycles. The van der Waals surface area contributed by atoms with E-state index < -0.39 is 33.9 Å². The maximum Gasteiger partial charge on any atom is 0.317 e. The van der Waals surface area contributed by atoms with Crippen molar-refractivity contribution in [1.29, 1.82) is 0 Å². The van der Waals surface area contributed by atoms with E-state index in [9.17, 15) is 18.0 Å². The Morgan fingerprint density at radius 1 is 1.10 bits per heavy atom. The third-order valence-electron chi connectivity index (χ3n) is 5.48. The first-order valence-electron chi connectivity index (χ1n) is 9.91. The van der Waals surface area contributed by atoms with Gasteiger partial charge in [-0.3, -0.25) is 9.59 Å². The van der Waals surface area contributed by atoms with Gasteiger partial charge in [-0.05, 0) is 48.7 Å². The average molecular weight is 465 g/mol. The first kappa shape index (κ1) is 23.2. The molecule has 1 saturated carbocycles. The van der Waals surface area contributed by atoms with Gasteiger partial charge in [-0.2, -0.15) is 0 Å². The van der Waals surface area contributed by atoms with Gasteiger partial charge in [0.15, 0.2) is 6.61 Å². The number of ether oxygens (including phenoxy) is 1. The Morgan fingerprint density at radius 3 is 2.35 bits per heavy atom. The van der Waals surface area contributed by atoms with Crippen LogP contribution in [0.25, 0.3) is 0 Å². The molecule has 7 nitrogen and oxygen atoms in total. The van der Waals surface area contributed by atoms with Gasteiger partial charge in [0.2, 0.25) is 10.0 Å². The summed E-state index contributed by atoms with van der Waals surface area (Å²) in [5, 5.41) is 3.17. The fourth-order valence-corrected chi connectivity index (χ4v) is 4.84. The standard InChI is InChI=1S/C22H25ClN2O5S/c1-25(2)31(28,29)19-7-5-6-18(14-19)24-20(26)15-30-21(27)22(12-3-4-13-22)16-8-10-17(23)11-9-16/h5-11,14H,3-4,12-13,15H2,1-2H3,(H,24,26). The summed E-state index contributed by atoms with van der Waals surface area (Å²) in [6.45, 7) is -0.459. The van der Waals surface area contributed by atoms with E-state index in [0.29, 0.717) is 23.6 Å². The van der Waals surface area contributed by atoms with E-state index >= 15 is 0 Å². The summed E-state index contributed by atoms with van der Waals surface area (Å²) < 4.78 is 31.0. The highest BCUT2D eigenvalue weighted by molar-refractivity contribution is 7.89. The predicted octanol–water partition coefficient (Wildman–Crippen LogP) is 3.58. The second kappa shape index (κ2) is 9.38. The molecule has 0 radical (unpaired) electrons. The molecule has 0 heterocycles. The van der Waals surface area contributed by atoms with Gasteiger partial charge in [-0.15, -0.1) is 0 Å². The minimum absolute atomic E-state index is 0.0555. The van der Waals surface area contributed by atoms with E-state index in [1.54, 1.807) is 18.2 Å². The van der Waals surface area contributed by atoms with Crippen LogP contribution >= 0.6 is 11.6 Å². The van der Waals surface area contributed by atoms with Crippen molar-refractivity contribution >= 4 is 39.2 Å². The number of nitrogens with zero attached hydrogens (tertiary/aromatic N) is 1. The van der Waals surface area contributed by atoms with Crippen molar-refractivity contribution in [3.05, 3.63) is 59.1 Å². The minimum atomic E-state index is -3.63. The number of amides is 1. The summed E-state index contributed by atoms with van der Waals surface area (Å²) in [4.78, 5) is 25.4. The van der Waals surface area contributed by atoms with E-state index in [1.807, 2.05) is 12.1 Å². The molecular weight excluding hydrogens is 440 g/mol. The monoisotopic (exact) mass is 464 g/mol. The number of sulfonamides is 1. The molecule has 0 bridgehead atoms. The number of esters is 1. The molecule has 0 saturated heterocycles. The summed E-state index contributed by atoms with van der Waals surface area (Å²) in [6, 6.07) is 13.0. The number of nitrogens with one attached hydrogen (secondary N) is 1. The lowest BCUT2D eigenvalue weighted by Gasteiger charge is -2.27. The van der Waals surface area contributed by atoms with Crippen LogP contribution < -0.4 is 5.32 Å². The number of hydrogen-bond acceptors (Lipinski definition) is 5. The largest absolute Gasteiger partial charge is 0.455 e. The Kier molecular flexibility index (Phi) is 7.03. The van der Waals surface area contributed by atoms with Crippen molar-refractivity contribution in [3.63, 3.8) is 0 Å². The molecule has 1 aliphatic rings. The fourth-order valence-electron chi connectivity index (χ4n) is 3.77. The van der Waals surface area contributed by atoms with Crippen molar-refractivity contribution in [2.24, 2.45) is 0 Å². The SMILES string of the molecule is CN(C)S(=O)(=O)c1cccc(NC(=O)COC(=O)C2(c3ccc(Cl)cc3)CCCC2)c1. The van der Waals surface area contributed by atoms with Crippen LogP contribution in [0.4, 0.5) is 5.69 Å². The lowest BCUT2D eigenvalue weighted by molar-refractivity contribution is -0.153. The molecule has 1 aliphatic carbocycles. The van der Waals surface area contributed by atoms with Crippen LogP contribution in [-0.2, 0) is 29.8 Å². The molecule has 31 heavy (non-hydrogen) atoms. The normalized spacial score (nSPS) is 15.6. The lowest BCUT2D eigenvalue weighted by Crippen LogP contribution is -2.36. The van der Waals surface area contributed by atoms with E-state index in [1.165, 1.54) is 32.3 Å². The number of hydrogen-bond donors (Lipinski definition) is 1. The molecule has 2 aromatic rings. The number of halogens is 1. The molecule has 166 valence electrons. The summed E-state index contributed by atoms with van der Waals surface area (Å²) >= 11 is 5.97. The Labute approximate surface area is 187 Å². The minimum Gasteiger partial charge on any atom is -0.455 e. The maximum atomic E-state index is 13.0. The van der Waals surface area contributed by atoms with Crippen LogP contribution in [0.3, 0.4) is 0 Å². The quantitative estimate of drug-likeness (QED) is 0.632. The van der Waals surface area contributed by atoms with Crippen LogP contribution in [-0.4, -0.2) is 45.3 Å². The van der Waals surface area contributed by atoms with Crippen molar-refractivity contribution in [3.8, 4) is 0 Å². The zero-order valence-electron chi connectivity index (χ0n) is 17.4. The van der Waals surface area contributed by atoms with Gasteiger partial charge in [0.1, 0.15) is 0 Å². The molecule has 0 aromatic heterocycles. The molecule has 3 rings (SSSR count). The molecule has 2 aromatic carbocycles. The highest BCUT2D eigenvalue weighted by Gasteiger charge is 2.44. The van der Waals surface area contributed by atoms with Gasteiger partial charge in [-0.1, -0.05) is 42.6 Å². The smallest absolute Gasteiger partial charge is 0.317 e. The molecular formula is C22H25ClN2O5S. The van der Waals surface area contributed by atoms with Gasteiger partial charge in [0.05, 0.1) is 10.3 Å². The first-order chi connectivity index (χ1) is 14.6. The Bertz CT molecular complexity index is 1060. The highest BCUT2D eigenvalue weighted by Crippen LogP contribution is 2.42. The van der Waals surface area contributed by atoms with Crippen LogP contribution in [0.1, 0.15) is 31.2 Å². The lowest BCUT2D eigenvalue weighted by atomic mass is 9.79. The fraction of sp³-hybridized carbons (Fsp3) is 0.364. The van der Waals surface area contributed by atoms with Crippen LogP contribution in [0.2, 0.25) is 5.02 Å². The van der Waals surface area contributed by atoms with Crippen molar-refractivity contribution in [2.45, 2.75) is 36.0 Å². The number of anilines is 1. The Hall–Kier alpha value is -2.42. The van der Waals surface area contributed by atoms with E-state index in [-0.39, 0.29) is 4.90 Å². The van der Waals surface area contributed by atoms with Gasteiger partial charge < -0.3 is 10.1 Å². The van der Waals surface area contributed by atoms with E-state index in [2.05, 4.69) is 5.32 Å². The zero-order valence-corrected chi connectivity index (χ0v) is 19.0. The van der Waals surface area contributed by atoms with Crippen LogP contribution in [0.5, 0.6) is 0 Å². The number of carbonyl (C=O) groups is 2. The van der Waals surface area contributed by atoms with Crippen LogP contribution in [0, 0.1) is 0 Å². The summed E-state index contributed by atoms with van der Waals surface area (Å²) in [5.74, 6) is -0.983. The van der Waals surface area contributed by atoms with Gasteiger partial charge in [-0.25, -0.2) is 12.7 Å². The molecule has 1 amide bonds. The maximum absolute atomic E-state index is 13.0. The molecule has 0 unspecified atom stereocenters.